The lowest BCUT2D eigenvalue weighted by Crippen LogP contribution is -2.47. The number of likely N-dealkylation sites (tertiary alicyclic amines) is 1. The summed E-state index contributed by atoms with van der Waals surface area (Å²) in [6, 6.07) is 4.65. The summed E-state index contributed by atoms with van der Waals surface area (Å²) in [5, 5.41) is 11.5. The third-order valence-corrected chi connectivity index (χ3v) is 6.90. The molecule has 2 unspecified atom stereocenters. The highest BCUT2D eigenvalue weighted by Gasteiger charge is 2.34. The Morgan fingerprint density at radius 2 is 1.97 bits per heavy atom. The molecule has 0 radical (unpaired) electrons. The molecule has 3 aromatic heterocycles. The Balaban J connectivity index is 1.34. The maximum absolute atomic E-state index is 12.9. The maximum Gasteiger partial charge on any atom is 0.417 e. The first kappa shape index (κ1) is 24.4. The molecule has 2 aliphatic rings. The topological polar surface area (TPSA) is 113 Å². The number of anilines is 1. The monoisotopic (exact) mass is 503 g/mol. The van der Waals surface area contributed by atoms with E-state index in [0.717, 1.165) is 48.4 Å². The van der Waals surface area contributed by atoms with Crippen LogP contribution in [-0.4, -0.2) is 67.2 Å². The standard InChI is InChI=1S/C24H28F3N7O2/c25-24(26,27)16-1-2-17(29-9-16)11-34(18-3-4-18)23-19-6-8-33(22(19)30-14-31-23)10-15-5-7-32(12-20(15)35)13-21(28)36/h1-2,6,8-9,14-15,18,20,35H,3-5,7,10-13H2,(H2,28,36). The number of piperidine rings is 1. The second-order valence-electron chi connectivity index (χ2n) is 9.62. The van der Waals surface area contributed by atoms with E-state index in [9.17, 15) is 23.1 Å². The van der Waals surface area contributed by atoms with Gasteiger partial charge in [-0.1, -0.05) is 0 Å². The van der Waals surface area contributed by atoms with E-state index in [4.69, 9.17) is 5.73 Å². The summed E-state index contributed by atoms with van der Waals surface area (Å²) >= 11 is 0. The molecule has 3 aromatic rings. The third-order valence-electron chi connectivity index (χ3n) is 6.90. The average molecular weight is 504 g/mol. The van der Waals surface area contributed by atoms with Gasteiger partial charge in [-0.25, -0.2) is 9.97 Å². The predicted molar refractivity (Wildman–Crippen MR) is 126 cm³/mol. The summed E-state index contributed by atoms with van der Waals surface area (Å²) in [4.78, 5) is 28.2. The Hall–Kier alpha value is -3.25. The van der Waals surface area contributed by atoms with Crippen LogP contribution in [0, 0.1) is 5.92 Å². The van der Waals surface area contributed by atoms with Gasteiger partial charge in [0.15, 0.2) is 0 Å². The molecule has 1 amide bonds. The van der Waals surface area contributed by atoms with Crippen molar-refractivity contribution in [3.63, 3.8) is 0 Å². The van der Waals surface area contributed by atoms with Crippen LogP contribution in [-0.2, 0) is 24.1 Å². The SMILES string of the molecule is NC(=O)CN1CCC(Cn2ccc3c(N(Cc4ccc(C(F)(F)F)cn4)C4CC4)ncnc32)C(O)C1. The maximum atomic E-state index is 12.9. The van der Waals surface area contributed by atoms with Crippen LogP contribution in [0.25, 0.3) is 11.0 Å². The summed E-state index contributed by atoms with van der Waals surface area (Å²) in [6.45, 7) is 2.12. The van der Waals surface area contributed by atoms with E-state index in [1.54, 1.807) is 0 Å². The lowest BCUT2D eigenvalue weighted by atomic mass is 9.93. The fourth-order valence-electron chi connectivity index (χ4n) is 4.87. The molecule has 1 saturated carbocycles. The molecule has 0 spiro atoms. The van der Waals surface area contributed by atoms with E-state index in [0.29, 0.717) is 31.9 Å². The van der Waals surface area contributed by atoms with E-state index in [1.807, 2.05) is 21.7 Å². The smallest absolute Gasteiger partial charge is 0.391 e. The minimum Gasteiger partial charge on any atom is -0.391 e. The number of carbonyl (C=O) groups excluding carboxylic acids is 1. The van der Waals surface area contributed by atoms with Gasteiger partial charge in [0.25, 0.3) is 0 Å². The molecule has 1 aliphatic carbocycles. The number of aromatic nitrogens is 4. The number of hydrogen-bond donors (Lipinski definition) is 2. The van der Waals surface area contributed by atoms with Gasteiger partial charge >= 0.3 is 6.18 Å². The quantitative estimate of drug-likeness (QED) is 0.485. The Morgan fingerprint density at radius 1 is 1.17 bits per heavy atom. The molecular weight excluding hydrogens is 475 g/mol. The zero-order chi connectivity index (χ0) is 25.4. The summed E-state index contributed by atoms with van der Waals surface area (Å²) in [5.74, 6) is 0.312. The molecule has 3 N–H and O–H groups in total. The van der Waals surface area contributed by atoms with Gasteiger partial charge < -0.3 is 20.3 Å². The van der Waals surface area contributed by atoms with Crippen molar-refractivity contribution in [3.05, 3.63) is 48.2 Å². The van der Waals surface area contributed by atoms with Crippen LogP contribution < -0.4 is 10.6 Å². The minimum atomic E-state index is -4.42. The number of amides is 1. The molecule has 12 heteroatoms. The zero-order valence-corrected chi connectivity index (χ0v) is 19.6. The Bertz CT molecular complexity index is 1230. The summed E-state index contributed by atoms with van der Waals surface area (Å²) in [7, 11) is 0. The molecule has 2 fully saturated rings. The van der Waals surface area contributed by atoms with Gasteiger partial charge in [0.2, 0.25) is 5.91 Å². The van der Waals surface area contributed by atoms with Crippen LogP contribution in [0.4, 0.5) is 19.0 Å². The highest BCUT2D eigenvalue weighted by molar-refractivity contribution is 5.88. The largest absolute Gasteiger partial charge is 0.417 e. The highest BCUT2D eigenvalue weighted by Crippen LogP contribution is 2.36. The number of pyridine rings is 1. The number of β-amino-alcohol motifs (C(OH)–C–C–N with tert-alkyl or cyclic N) is 1. The van der Waals surface area contributed by atoms with Gasteiger partial charge in [-0.3, -0.25) is 14.7 Å². The molecule has 9 nitrogen and oxygen atoms in total. The number of fused-ring (bicyclic) bond motifs is 1. The number of rotatable bonds is 8. The number of aliphatic hydroxyl groups is 1. The van der Waals surface area contributed by atoms with Crippen molar-refractivity contribution in [1.82, 2.24) is 24.4 Å². The molecule has 192 valence electrons. The van der Waals surface area contributed by atoms with Crippen LogP contribution in [0.1, 0.15) is 30.5 Å². The van der Waals surface area contributed by atoms with Gasteiger partial charge in [0.05, 0.1) is 35.8 Å². The number of hydrogen-bond acceptors (Lipinski definition) is 7. The van der Waals surface area contributed by atoms with Gasteiger partial charge in [-0.15, -0.1) is 0 Å². The van der Waals surface area contributed by atoms with Gasteiger partial charge in [-0.2, -0.15) is 13.2 Å². The molecule has 1 saturated heterocycles. The summed E-state index contributed by atoms with van der Waals surface area (Å²) < 4.78 is 40.8. The Kier molecular flexibility index (Phi) is 6.56. The van der Waals surface area contributed by atoms with Gasteiger partial charge in [-0.05, 0) is 44.0 Å². The first-order valence-electron chi connectivity index (χ1n) is 12.0. The zero-order valence-electron chi connectivity index (χ0n) is 19.6. The van der Waals surface area contributed by atoms with E-state index in [1.165, 1.54) is 12.4 Å². The fourth-order valence-corrected chi connectivity index (χ4v) is 4.87. The molecular formula is C24H28F3N7O2. The molecule has 0 aromatic carbocycles. The molecule has 1 aliphatic heterocycles. The van der Waals surface area contributed by atoms with E-state index >= 15 is 0 Å². The molecule has 0 bridgehead atoms. The number of primary amides is 1. The second-order valence-corrected chi connectivity index (χ2v) is 9.62. The number of aliphatic hydroxyl groups excluding tert-OH is 1. The number of nitrogens with two attached hydrogens (primary N) is 1. The first-order valence-corrected chi connectivity index (χ1v) is 12.0. The van der Waals surface area contributed by atoms with Gasteiger partial charge in [0, 0.05) is 37.4 Å². The van der Waals surface area contributed by atoms with Crippen molar-refractivity contribution in [2.75, 3.05) is 24.5 Å². The second kappa shape index (κ2) is 9.66. The van der Waals surface area contributed by atoms with Crippen molar-refractivity contribution in [2.45, 2.75) is 50.7 Å². The molecule has 5 rings (SSSR count). The lowest BCUT2D eigenvalue weighted by Gasteiger charge is -2.35. The normalized spacial score (nSPS) is 21.1. The van der Waals surface area contributed by atoms with Crippen molar-refractivity contribution in [2.24, 2.45) is 11.7 Å². The van der Waals surface area contributed by atoms with Crippen molar-refractivity contribution < 1.29 is 23.1 Å². The van der Waals surface area contributed by atoms with Crippen molar-refractivity contribution in [1.29, 1.82) is 0 Å². The Morgan fingerprint density at radius 3 is 2.61 bits per heavy atom. The van der Waals surface area contributed by atoms with Crippen LogP contribution in [0.2, 0.25) is 0 Å². The third kappa shape index (κ3) is 5.29. The van der Waals surface area contributed by atoms with E-state index in [2.05, 4.69) is 19.9 Å². The number of halogens is 3. The molecule has 36 heavy (non-hydrogen) atoms. The predicted octanol–water partition coefficient (Wildman–Crippen LogP) is 2.18. The number of alkyl halides is 3. The summed E-state index contributed by atoms with van der Waals surface area (Å²) in [6.07, 6.45) is 1.95. The van der Waals surface area contributed by atoms with Crippen LogP contribution in [0.5, 0.6) is 0 Å². The number of nitrogens with zero attached hydrogens (tertiary/aromatic N) is 6. The average Bonchev–Trinajstić information content (AvgIpc) is 3.59. The first-order chi connectivity index (χ1) is 17.2. The van der Waals surface area contributed by atoms with Crippen LogP contribution in [0.3, 0.4) is 0 Å². The fraction of sp³-hybridized carbons (Fsp3) is 0.500. The molecule has 4 heterocycles. The van der Waals surface area contributed by atoms with Crippen molar-refractivity contribution >= 4 is 22.8 Å². The van der Waals surface area contributed by atoms with Crippen LogP contribution in [0.15, 0.2) is 36.9 Å². The highest BCUT2D eigenvalue weighted by atomic mass is 19.4. The Labute approximate surface area is 205 Å². The minimum absolute atomic E-state index is 0.000904. The lowest BCUT2D eigenvalue weighted by molar-refractivity contribution is -0.137. The summed E-state index contributed by atoms with van der Waals surface area (Å²) in [5.41, 5.74) is 5.78. The van der Waals surface area contributed by atoms with Crippen molar-refractivity contribution in [3.8, 4) is 0 Å². The molecule has 2 atom stereocenters. The van der Waals surface area contributed by atoms with Crippen LogP contribution >= 0.6 is 0 Å². The number of carbonyl (C=O) groups is 1. The van der Waals surface area contributed by atoms with Gasteiger partial charge in [0.1, 0.15) is 17.8 Å². The van der Waals surface area contributed by atoms with E-state index < -0.39 is 23.8 Å². The van der Waals surface area contributed by atoms with E-state index in [-0.39, 0.29) is 18.5 Å².